The van der Waals surface area contributed by atoms with Crippen LogP contribution in [0.1, 0.15) is 19.8 Å². The zero-order valence-corrected chi connectivity index (χ0v) is 7.49. The molecule has 0 bridgehead atoms. The summed E-state index contributed by atoms with van der Waals surface area (Å²) >= 11 is 0. The number of hydrogen-bond acceptors (Lipinski definition) is 3. The third-order valence-corrected chi connectivity index (χ3v) is 1.59. The molecule has 1 N–H and O–H groups in total. The van der Waals surface area contributed by atoms with Crippen LogP contribution >= 0.6 is 0 Å². The molecule has 0 aliphatic carbocycles. The van der Waals surface area contributed by atoms with Crippen LogP contribution in [0.5, 0.6) is 0 Å². The van der Waals surface area contributed by atoms with Gasteiger partial charge in [-0.15, -0.1) is 0 Å². The summed E-state index contributed by atoms with van der Waals surface area (Å²) in [5.74, 6) is 5.31. The van der Waals surface area contributed by atoms with Crippen LogP contribution in [0, 0.1) is 11.8 Å². The maximum absolute atomic E-state index is 10.6. The lowest BCUT2D eigenvalue weighted by Gasteiger charge is -1.96. The molecule has 3 heteroatoms. The smallest absolute Gasteiger partial charge is 0.307 e. The minimum Gasteiger partial charge on any atom is -0.449 e. The molecule has 0 aromatic heterocycles. The Morgan fingerprint density at radius 2 is 2.54 bits per heavy atom. The van der Waals surface area contributed by atoms with Gasteiger partial charge in [-0.25, -0.2) is 0 Å². The Kier molecular flexibility index (Phi) is 3.53. The fourth-order valence-corrected chi connectivity index (χ4v) is 0.956. The van der Waals surface area contributed by atoms with Gasteiger partial charge in [-0.2, -0.15) is 0 Å². The van der Waals surface area contributed by atoms with Gasteiger partial charge in [0.15, 0.2) is 6.10 Å². The van der Waals surface area contributed by atoms with E-state index >= 15 is 0 Å². The molecular weight excluding hydrogens is 168 g/mol. The molecule has 3 nitrogen and oxygen atoms in total. The minimum atomic E-state index is -0.486. The van der Waals surface area contributed by atoms with Crippen molar-refractivity contribution in [2.75, 3.05) is 0 Å². The van der Waals surface area contributed by atoms with Crippen LogP contribution in [0.4, 0.5) is 0 Å². The Hall–Kier alpha value is -1.27. The summed E-state index contributed by atoms with van der Waals surface area (Å²) in [6.45, 7) is 1.65. The molecule has 1 heterocycles. The molecule has 0 spiro atoms. The van der Waals surface area contributed by atoms with Crippen LogP contribution in [0.25, 0.3) is 0 Å². The Morgan fingerprint density at radius 1 is 1.77 bits per heavy atom. The molecule has 0 radical (unpaired) electrons. The highest BCUT2D eigenvalue weighted by atomic mass is 16.5. The summed E-state index contributed by atoms with van der Waals surface area (Å²) in [6.07, 6.45) is 3.53. The van der Waals surface area contributed by atoms with Crippen molar-refractivity contribution in [3.8, 4) is 11.8 Å². The highest BCUT2D eigenvalue weighted by Crippen LogP contribution is 2.11. The number of allylic oxidation sites excluding steroid dienone is 1. The summed E-state index contributed by atoms with van der Waals surface area (Å²) in [5.41, 5.74) is 0. The number of cyclic esters (lactones) is 1. The molecule has 1 rings (SSSR count). The van der Waals surface area contributed by atoms with Gasteiger partial charge in [0.1, 0.15) is 0 Å². The van der Waals surface area contributed by atoms with Gasteiger partial charge in [-0.05, 0) is 19.1 Å². The number of carbonyl (C=O) groups excluding carboxylic acids is 1. The number of esters is 1. The van der Waals surface area contributed by atoms with E-state index in [0.29, 0.717) is 12.8 Å². The van der Waals surface area contributed by atoms with Crippen molar-refractivity contribution in [1.82, 2.24) is 0 Å². The van der Waals surface area contributed by atoms with E-state index in [0.717, 1.165) is 0 Å². The van der Waals surface area contributed by atoms with Gasteiger partial charge in [0.2, 0.25) is 0 Å². The van der Waals surface area contributed by atoms with Crippen LogP contribution in [0.3, 0.4) is 0 Å². The van der Waals surface area contributed by atoms with E-state index in [9.17, 15) is 4.79 Å². The molecule has 1 aliphatic rings. The average Bonchev–Trinajstić information content (AvgIpc) is 2.45. The minimum absolute atomic E-state index is 0.182. The van der Waals surface area contributed by atoms with Crippen molar-refractivity contribution < 1.29 is 14.6 Å². The first-order valence-electron chi connectivity index (χ1n) is 4.24. The second-order valence-electron chi connectivity index (χ2n) is 2.91. The summed E-state index contributed by atoms with van der Waals surface area (Å²) in [5, 5.41) is 8.85. The van der Waals surface area contributed by atoms with Gasteiger partial charge in [0.05, 0.1) is 12.5 Å². The van der Waals surface area contributed by atoms with Crippen molar-refractivity contribution in [2.45, 2.75) is 32.0 Å². The SMILES string of the molecule is C[C@@H](O)/C=C/C#C[C@H]1CCC(=O)O1. The number of aliphatic hydroxyl groups is 1. The summed E-state index contributed by atoms with van der Waals surface area (Å²) in [7, 11) is 0. The molecule has 0 aromatic carbocycles. The fraction of sp³-hybridized carbons (Fsp3) is 0.500. The van der Waals surface area contributed by atoms with Crippen LogP contribution in [0.15, 0.2) is 12.2 Å². The molecule has 0 amide bonds. The second-order valence-corrected chi connectivity index (χ2v) is 2.91. The van der Waals surface area contributed by atoms with E-state index in [1.165, 1.54) is 0 Å². The molecule has 70 valence electrons. The molecule has 0 aromatic rings. The Balaban J connectivity index is 2.35. The van der Waals surface area contributed by atoms with Crippen molar-refractivity contribution in [3.05, 3.63) is 12.2 Å². The number of rotatable bonds is 1. The van der Waals surface area contributed by atoms with E-state index in [1.54, 1.807) is 19.1 Å². The highest BCUT2D eigenvalue weighted by Gasteiger charge is 2.20. The maximum atomic E-state index is 10.6. The van der Waals surface area contributed by atoms with Crippen molar-refractivity contribution in [2.24, 2.45) is 0 Å². The lowest BCUT2D eigenvalue weighted by atomic mass is 10.2. The average molecular weight is 180 g/mol. The summed E-state index contributed by atoms with van der Waals surface area (Å²) in [6, 6.07) is 0. The normalized spacial score (nSPS) is 23.8. The van der Waals surface area contributed by atoms with Crippen LogP contribution in [0.2, 0.25) is 0 Å². The van der Waals surface area contributed by atoms with Crippen LogP contribution < -0.4 is 0 Å². The van der Waals surface area contributed by atoms with Gasteiger partial charge >= 0.3 is 5.97 Å². The second kappa shape index (κ2) is 4.68. The first-order chi connectivity index (χ1) is 6.18. The van der Waals surface area contributed by atoms with Gasteiger partial charge in [0.25, 0.3) is 0 Å². The highest BCUT2D eigenvalue weighted by molar-refractivity contribution is 5.72. The number of ether oxygens (including phenoxy) is 1. The van der Waals surface area contributed by atoms with E-state index in [1.807, 2.05) is 0 Å². The molecule has 0 unspecified atom stereocenters. The van der Waals surface area contributed by atoms with Gasteiger partial charge in [-0.1, -0.05) is 11.8 Å². The Bertz CT molecular complexity index is 268. The van der Waals surface area contributed by atoms with Gasteiger partial charge in [0, 0.05) is 6.42 Å². The van der Waals surface area contributed by atoms with E-state index < -0.39 is 6.10 Å². The fourth-order valence-electron chi connectivity index (χ4n) is 0.956. The van der Waals surface area contributed by atoms with Crippen LogP contribution in [-0.4, -0.2) is 23.3 Å². The molecule has 1 aliphatic heterocycles. The Morgan fingerprint density at radius 3 is 3.08 bits per heavy atom. The molecule has 2 atom stereocenters. The van der Waals surface area contributed by atoms with Crippen molar-refractivity contribution in [1.29, 1.82) is 0 Å². The maximum Gasteiger partial charge on any atom is 0.307 e. The quantitative estimate of drug-likeness (QED) is 0.475. The number of carbonyl (C=O) groups is 1. The third kappa shape index (κ3) is 3.77. The largest absolute Gasteiger partial charge is 0.449 e. The van der Waals surface area contributed by atoms with Crippen molar-refractivity contribution in [3.63, 3.8) is 0 Å². The Labute approximate surface area is 77.4 Å². The number of aliphatic hydroxyl groups excluding tert-OH is 1. The van der Waals surface area contributed by atoms with E-state index in [4.69, 9.17) is 9.84 Å². The first-order valence-corrected chi connectivity index (χ1v) is 4.24. The summed E-state index contributed by atoms with van der Waals surface area (Å²) in [4.78, 5) is 10.6. The molecule has 0 saturated carbocycles. The van der Waals surface area contributed by atoms with E-state index in [-0.39, 0.29) is 12.1 Å². The van der Waals surface area contributed by atoms with Gasteiger partial charge in [-0.3, -0.25) is 4.79 Å². The summed E-state index contributed by atoms with van der Waals surface area (Å²) < 4.78 is 4.86. The molecular formula is C10H12O3. The van der Waals surface area contributed by atoms with Gasteiger partial charge < -0.3 is 9.84 Å². The third-order valence-electron chi connectivity index (χ3n) is 1.59. The molecule has 1 fully saturated rings. The first kappa shape index (κ1) is 9.82. The molecule has 1 saturated heterocycles. The van der Waals surface area contributed by atoms with Crippen LogP contribution in [-0.2, 0) is 9.53 Å². The van der Waals surface area contributed by atoms with E-state index in [2.05, 4.69) is 11.8 Å². The zero-order valence-electron chi connectivity index (χ0n) is 7.49. The lowest BCUT2D eigenvalue weighted by molar-refractivity contribution is -0.139. The lowest BCUT2D eigenvalue weighted by Crippen LogP contribution is -2.02. The van der Waals surface area contributed by atoms with Crippen molar-refractivity contribution >= 4 is 5.97 Å². The monoisotopic (exact) mass is 180 g/mol. The zero-order chi connectivity index (χ0) is 9.68. The molecule has 13 heavy (non-hydrogen) atoms. The standard InChI is InChI=1S/C10H12O3/c1-8(11)4-2-3-5-9-6-7-10(12)13-9/h2,4,8-9,11H,6-7H2,1H3/b4-2+/t8-,9+/m1/s1. The predicted molar refractivity (Wildman–Crippen MR) is 47.7 cm³/mol. The number of hydrogen-bond donors (Lipinski definition) is 1. The topological polar surface area (TPSA) is 46.5 Å². The predicted octanol–water partition coefficient (Wildman–Crippen LogP) is 0.632.